The van der Waals surface area contributed by atoms with Gasteiger partial charge < -0.3 is 20.3 Å². The van der Waals surface area contributed by atoms with Crippen molar-refractivity contribution in [2.75, 3.05) is 6.61 Å². The summed E-state index contributed by atoms with van der Waals surface area (Å²) in [4.78, 5) is 23.0. The molecule has 0 spiro atoms. The van der Waals surface area contributed by atoms with Gasteiger partial charge in [-0.05, 0) is 16.0 Å². The average molecular weight is 291 g/mol. The number of hydrogen-bond donors (Lipinski definition) is 3. The molecule has 0 aliphatic heterocycles. The molecule has 11 heteroatoms. The molecular weight excluding hydrogens is 282 g/mol. The normalized spacial score (nSPS) is 12.9. The summed E-state index contributed by atoms with van der Waals surface area (Å²) in [5.41, 5.74) is 0. The molecule has 10 nitrogen and oxygen atoms in total. The molecule has 1 atom stereocenters. The Morgan fingerprint density at radius 1 is 1.53 bits per heavy atom. The van der Waals surface area contributed by atoms with Crippen LogP contribution in [0.1, 0.15) is 0 Å². The van der Waals surface area contributed by atoms with Gasteiger partial charge in [-0.1, -0.05) is 0 Å². The summed E-state index contributed by atoms with van der Waals surface area (Å²) in [6.07, 6.45) is 0.719. The second-order valence-electron chi connectivity index (χ2n) is 3.30. The highest BCUT2D eigenvalue weighted by atomic mass is 32.2. The van der Waals surface area contributed by atoms with Crippen LogP contribution >= 0.6 is 0 Å². The summed E-state index contributed by atoms with van der Waals surface area (Å²) in [7, 11) is -4.24. The van der Waals surface area contributed by atoms with Crippen LogP contribution in [-0.4, -0.2) is 47.2 Å². The topological polar surface area (TPSA) is 160 Å². The Morgan fingerprint density at radius 3 is 2.53 bits per heavy atom. The molecule has 1 rings (SSSR count). The first kappa shape index (κ1) is 14.9. The molecule has 1 heterocycles. The zero-order chi connectivity index (χ0) is 14.6. The van der Waals surface area contributed by atoms with Gasteiger partial charge in [0.1, 0.15) is 10.9 Å². The zero-order valence-electron chi connectivity index (χ0n) is 9.25. The fourth-order valence-corrected chi connectivity index (χ4v) is 2.19. The molecule has 19 heavy (non-hydrogen) atoms. The van der Waals surface area contributed by atoms with Crippen molar-refractivity contribution in [2.45, 2.75) is 10.9 Å². The molecule has 0 aliphatic carbocycles. The Labute approximate surface area is 106 Å². The number of aliphatic hydroxyl groups is 1. The molecule has 0 saturated carbocycles. The van der Waals surface area contributed by atoms with Gasteiger partial charge in [-0.25, -0.2) is 8.42 Å². The van der Waals surface area contributed by atoms with E-state index in [2.05, 4.69) is 4.98 Å². The summed E-state index contributed by atoms with van der Waals surface area (Å²) in [5, 5.41) is 27.7. The minimum absolute atomic E-state index is 0.446. The molecule has 0 unspecified atom stereocenters. The maximum Gasteiger partial charge on any atom is 0.363 e. The Bertz CT molecular complexity index is 583. The van der Waals surface area contributed by atoms with Crippen molar-refractivity contribution in [2.24, 2.45) is 0 Å². The fourth-order valence-electron chi connectivity index (χ4n) is 1.06. The van der Waals surface area contributed by atoms with Gasteiger partial charge >= 0.3 is 11.8 Å². The smallest absolute Gasteiger partial charge is 0.363 e. The van der Waals surface area contributed by atoms with Gasteiger partial charge in [-0.3, -0.25) is 4.79 Å². The number of sulfonamides is 1. The van der Waals surface area contributed by atoms with Gasteiger partial charge in [0.05, 0.1) is 6.61 Å². The maximum absolute atomic E-state index is 11.7. The van der Waals surface area contributed by atoms with Crippen molar-refractivity contribution < 1.29 is 28.3 Å². The lowest BCUT2D eigenvalue weighted by atomic mass is 10.3. The van der Waals surface area contributed by atoms with E-state index in [0.717, 1.165) is 18.3 Å². The molecule has 1 aromatic rings. The van der Waals surface area contributed by atoms with Crippen LogP contribution in [0.15, 0.2) is 23.2 Å². The Kier molecular flexibility index (Phi) is 4.47. The fraction of sp³-hybridized carbons (Fsp3) is 0.250. The van der Waals surface area contributed by atoms with Crippen LogP contribution in [0.3, 0.4) is 0 Å². The van der Waals surface area contributed by atoms with Gasteiger partial charge in [0, 0.05) is 6.07 Å². The number of pyridine rings is 1. The van der Waals surface area contributed by atoms with Crippen LogP contribution in [0.5, 0.6) is 0 Å². The number of nitrogens with one attached hydrogen (secondary N) is 1. The molecule has 104 valence electrons. The van der Waals surface area contributed by atoms with Crippen molar-refractivity contribution in [1.29, 1.82) is 0 Å². The van der Waals surface area contributed by atoms with E-state index in [4.69, 9.17) is 10.2 Å². The molecule has 0 amide bonds. The number of carbonyl (C=O) groups is 1. The van der Waals surface area contributed by atoms with Gasteiger partial charge in [0.25, 0.3) is 0 Å². The third-order valence-electron chi connectivity index (χ3n) is 2.00. The first-order valence-electron chi connectivity index (χ1n) is 4.74. The van der Waals surface area contributed by atoms with Crippen LogP contribution in [0, 0.1) is 10.1 Å². The van der Waals surface area contributed by atoms with E-state index in [1.165, 1.54) is 0 Å². The van der Waals surface area contributed by atoms with Crippen molar-refractivity contribution in [3.8, 4) is 0 Å². The van der Waals surface area contributed by atoms with Crippen LogP contribution in [-0.2, 0) is 14.8 Å². The number of aliphatic carboxylic acids is 1. The van der Waals surface area contributed by atoms with E-state index in [-0.39, 0.29) is 0 Å². The minimum atomic E-state index is -4.24. The van der Waals surface area contributed by atoms with E-state index in [9.17, 15) is 23.3 Å². The summed E-state index contributed by atoms with van der Waals surface area (Å²) in [5.74, 6) is -2.10. The van der Waals surface area contributed by atoms with E-state index < -0.39 is 44.3 Å². The van der Waals surface area contributed by atoms with Crippen LogP contribution in [0.25, 0.3) is 0 Å². The van der Waals surface area contributed by atoms with E-state index in [0.29, 0.717) is 0 Å². The van der Waals surface area contributed by atoms with E-state index >= 15 is 0 Å². The molecule has 3 N–H and O–H groups in total. The van der Waals surface area contributed by atoms with Gasteiger partial charge in [0.15, 0.2) is 6.20 Å². The Balaban J connectivity index is 3.00. The first-order chi connectivity index (χ1) is 8.77. The third-order valence-corrected chi connectivity index (χ3v) is 3.45. The molecule has 0 saturated heterocycles. The maximum atomic E-state index is 11.7. The average Bonchev–Trinajstić information content (AvgIpc) is 2.35. The standard InChI is InChI=1S/C8H9N3O7S/c12-4-6(8(13)14)10-19(17,18)5-1-2-7(9-3-5)11(15)16/h1-3,6,10,12H,4H2,(H,13,14)/t6-/m1/s1. The SMILES string of the molecule is O=C(O)[C@@H](CO)NS(=O)(=O)c1ccc([N+](=O)[O-])nc1. The number of rotatable bonds is 6. The third kappa shape index (κ3) is 3.67. The van der Waals surface area contributed by atoms with Crippen LogP contribution in [0.2, 0.25) is 0 Å². The second kappa shape index (κ2) is 5.69. The molecule has 0 radical (unpaired) electrons. The van der Waals surface area contributed by atoms with Crippen LogP contribution in [0.4, 0.5) is 5.82 Å². The lowest BCUT2D eigenvalue weighted by Crippen LogP contribution is -2.43. The number of carboxylic acid groups (broad SMARTS) is 1. The summed E-state index contributed by atoms with van der Waals surface area (Å²) in [6.45, 7) is -0.936. The highest BCUT2D eigenvalue weighted by Gasteiger charge is 2.26. The number of nitro groups is 1. The molecule has 0 bridgehead atoms. The number of carboxylic acids is 1. The van der Waals surface area contributed by atoms with Crippen molar-refractivity contribution in [3.05, 3.63) is 28.4 Å². The molecular formula is C8H9N3O7S. The summed E-state index contributed by atoms with van der Waals surface area (Å²) < 4.78 is 25.1. The van der Waals surface area contributed by atoms with E-state index in [1.807, 2.05) is 0 Å². The predicted octanol–water partition coefficient (Wildman–Crippen LogP) is -1.29. The van der Waals surface area contributed by atoms with Gasteiger partial charge in [-0.2, -0.15) is 4.72 Å². The number of nitrogens with zero attached hydrogens (tertiary/aromatic N) is 2. The number of aromatic nitrogens is 1. The Hall–Kier alpha value is -2.11. The van der Waals surface area contributed by atoms with Crippen molar-refractivity contribution >= 4 is 21.8 Å². The zero-order valence-corrected chi connectivity index (χ0v) is 10.1. The highest BCUT2D eigenvalue weighted by molar-refractivity contribution is 7.89. The number of hydrogen-bond acceptors (Lipinski definition) is 7. The molecule has 1 aromatic heterocycles. The van der Waals surface area contributed by atoms with Gasteiger partial charge in [-0.15, -0.1) is 0 Å². The molecule has 0 aliphatic rings. The lowest BCUT2D eigenvalue weighted by Gasteiger charge is -2.11. The first-order valence-corrected chi connectivity index (χ1v) is 6.22. The lowest BCUT2D eigenvalue weighted by molar-refractivity contribution is -0.389. The molecule has 0 aromatic carbocycles. The van der Waals surface area contributed by atoms with Gasteiger partial charge in [0.2, 0.25) is 10.0 Å². The molecule has 0 fully saturated rings. The van der Waals surface area contributed by atoms with Crippen molar-refractivity contribution in [3.63, 3.8) is 0 Å². The summed E-state index contributed by atoms with van der Waals surface area (Å²) in [6, 6.07) is 0.0627. The highest BCUT2D eigenvalue weighted by Crippen LogP contribution is 2.12. The minimum Gasteiger partial charge on any atom is -0.480 e. The Morgan fingerprint density at radius 2 is 2.16 bits per heavy atom. The predicted molar refractivity (Wildman–Crippen MR) is 59.7 cm³/mol. The second-order valence-corrected chi connectivity index (χ2v) is 5.02. The number of aliphatic hydroxyl groups excluding tert-OH is 1. The van der Waals surface area contributed by atoms with E-state index in [1.54, 1.807) is 4.72 Å². The largest absolute Gasteiger partial charge is 0.480 e. The summed E-state index contributed by atoms with van der Waals surface area (Å²) >= 11 is 0. The monoisotopic (exact) mass is 291 g/mol. The van der Waals surface area contributed by atoms with Crippen LogP contribution < -0.4 is 4.72 Å². The van der Waals surface area contributed by atoms with Crippen molar-refractivity contribution in [1.82, 2.24) is 9.71 Å². The quantitative estimate of drug-likeness (QED) is 0.431.